The van der Waals surface area contributed by atoms with Crippen LogP contribution in [0.4, 0.5) is 5.88 Å². The van der Waals surface area contributed by atoms with Gasteiger partial charge in [-0.15, -0.1) is 0 Å². The van der Waals surface area contributed by atoms with Gasteiger partial charge in [-0.1, -0.05) is 47.3 Å². The maximum atomic E-state index is 13.4. The number of hydrogen-bond acceptors (Lipinski definition) is 6. The van der Waals surface area contributed by atoms with E-state index in [2.05, 4.69) is 15.5 Å². The number of rotatable bonds is 5. The highest BCUT2D eigenvalue weighted by atomic mass is 32.2. The number of nitrogens with zero attached hydrogens (tertiary/aromatic N) is 3. The lowest BCUT2D eigenvalue weighted by Crippen LogP contribution is -2.24. The van der Waals surface area contributed by atoms with Gasteiger partial charge in [0.2, 0.25) is 11.8 Å². The molecule has 0 saturated carbocycles. The van der Waals surface area contributed by atoms with Gasteiger partial charge in [0, 0.05) is 6.07 Å². The molecule has 2 aromatic heterocycles. The van der Waals surface area contributed by atoms with E-state index in [4.69, 9.17) is 4.52 Å². The van der Waals surface area contributed by atoms with Crippen LogP contribution in [0.5, 0.6) is 0 Å². The Bertz CT molecular complexity index is 1290. The third kappa shape index (κ3) is 3.86. The molecule has 0 aliphatic carbocycles. The number of fused-ring (bicyclic) bond motifs is 1. The molecule has 0 radical (unpaired) electrons. The van der Waals surface area contributed by atoms with Crippen LogP contribution in [-0.4, -0.2) is 26.4 Å². The number of amides is 1. The van der Waals surface area contributed by atoms with Gasteiger partial charge < -0.3 is 4.52 Å². The highest BCUT2D eigenvalue weighted by molar-refractivity contribution is 7.99. The van der Waals surface area contributed by atoms with Gasteiger partial charge in [0.1, 0.15) is 0 Å². The predicted molar refractivity (Wildman–Crippen MR) is 117 cm³/mol. The molecule has 2 heterocycles. The lowest BCUT2D eigenvalue weighted by Gasteiger charge is -2.17. The van der Waals surface area contributed by atoms with E-state index in [9.17, 15) is 9.59 Å². The summed E-state index contributed by atoms with van der Waals surface area (Å²) in [7, 11) is 0. The molecule has 2 aromatic carbocycles. The van der Waals surface area contributed by atoms with Crippen LogP contribution in [0.15, 0.2) is 63.0 Å². The minimum Gasteiger partial charge on any atom is -0.338 e. The van der Waals surface area contributed by atoms with E-state index in [-0.39, 0.29) is 23.1 Å². The molecule has 30 heavy (non-hydrogen) atoms. The van der Waals surface area contributed by atoms with Crippen molar-refractivity contribution in [1.29, 1.82) is 0 Å². The average Bonchev–Trinajstić information content (AvgIpc) is 3.12. The van der Waals surface area contributed by atoms with E-state index < -0.39 is 0 Å². The van der Waals surface area contributed by atoms with Crippen LogP contribution < -0.4 is 10.9 Å². The summed E-state index contributed by atoms with van der Waals surface area (Å²) in [5.41, 5.74) is 3.81. The average molecular weight is 420 g/mol. The Morgan fingerprint density at radius 1 is 1.10 bits per heavy atom. The van der Waals surface area contributed by atoms with Crippen LogP contribution in [0.2, 0.25) is 0 Å². The molecule has 0 saturated heterocycles. The van der Waals surface area contributed by atoms with Crippen LogP contribution in [0.1, 0.15) is 16.8 Å². The first kappa shape index (κ1) is 19.9. The Hall–Kier alpha value is -3.39. The van der Waals surface area contributed by atoms with Gasteiger partial charge in [-0.25, -0.2) is 4.98 Å². The fraction of sp³-hybridized carbons (Fsp3) is 0.182. The van der Waals surface area contributed by atoms with Gasteiger partial charge in [-0.2, -0.15) is 0 Å². The number of nitrogens with one attached hydrogen (secondary N) is 1. The lowest BCUT2D eigenvalue weighted by atomic mass is 10.1. The summed E-state index contributed by atoms with van der Waals surface area (Å²) in [4.78, 5) is 30.5. The van der Waals surface area contributed by atoms with Crippen molar-refractivity contribution < 1.29 is 9.32 Å². The predicted octanol–water partition coefficient (Wildman–Crippen LogP) is 4.03. The van der Waals surface area contributed by atoms with E-state index in [1.54, 1.807) is 29.7 Å². The van der Waals surface area contributed by atoms with Crippen molar-refractivity contribution in [1.82, 2.24) is 14.7 Å². The number of benzene rings is 2. The largest absolute Gasteiger partial charge is 0.338 e. The van der Waals surface area contributed by atoms with Gasteiger partial charge in [0.25, 0.3) is 5.56 Å². The normalized spacial score (nSPS) is 11.0. The lowest BCUT2D eigenvalue weighted by molar-refractivity contribution is -0.113. The van der Waals surface area contributed by atoms with Gasteiger partial charge in [-0.05, 0) is 44.0 Å². The molecule has 0 atom stereocenters. The highest BCUT2D eigenvalue weighted by Crippen LogP contribution is 2.25. The molecule has 8 heteroatoms. The number of carbonyl (C=O) groups is 1. The molecule has 7 nitrogen and oxygen atoms in total. The van der Waals surface area contributed by atoms with E-state index in [0.717, 1.165) is 16.8 Å². The first-order valence-corrected chi connectivity index (χ1v) is 10.4. The quantitative estimate of drug-likeness (QED) is 0.387. The van der Waals surface area contributed by atoms with E-state index >= 15 is 0 Å². The maximum absolute atomic E-state index is 13.4. The second kappa shape index (κ2) is 8.16. The number of para-hydroxylation sites is 2. The van der Waals surface area contributed by atoms with Crippen molar-refractivity contribution in [3.8, 4) is 5.69 Å². The number of aryl methyl sites for hydroxylation is 3. The second-order valence-corrected chi connectivity index (χ2v) is 7.90. The van der Waals surface area contributed by atoms with Crippen molar-refractivity contribution in [2.75, 3.05) is 11.1 Å². The Balaban J connectivity index is 1.74. The van der Waals surface area contributed by atoms with Crippen molar-refractivity contribution in [3.05, 3.63) is 75.7 Å². The SMILES string of the molecule is Cc1cc(NC(=O)CSc2nc3ccccc3c(=O)n2-c2c(C)cccc2C)on1. The van der Waals surface area contributed by atoms with E-state index in [1.807, 2.05) is 44.2 Å². The molecule has 0 bridgehead atoms. The van der Waals surface area contributed by atoms with Crippen LogP contribution in [0.25, 0.3) is 16.6 Å². The minimum atomic E-state index is -0.272. The number of anilines is 1. The molecule has 4 aromatic rings. The Kier molecular flexibility index (Phi) is 5.41. The number of carbonyl (C=O) groups excluding carboxylic acids is 1. The first-order chi connectivity index (χ1) is 14.4. The molecule has 152 valence electrons. The summed E-state index contributed by atoms with van der Waals surface area (Å²) in [6.07, 6.45) is 0. The molecule has 0 unspecified atom stereocenters. The Morgan fingerprint density at radius 2 is 1.83 bits per heavy atom. The van der Waals surface area contributed by atoms with E-state index in [0.29, 0.717) is 21.8 Å². The maximum Gasteiger partial charge on any atom is 0.266 e. The zero-order chi connectivity index (χ0) is 21.3. The van der Waals surface area contributed by atoms with Crippen LogP contribution >= 0.6 is 11.8 Å². The van der Waals surface area contributed by atoms with Crippen molar-refractivity contribution in [2.24, 2.45) is 0 Å². The van der Waals surface area contributed by atoms with Gasteiger partial charge >= 0.3 is 0 Å². The van der Waals surface area contributed by atoms with Crippen molar-refractivity contribution in [3.63, 3.8) is 0 Å². The summed E-state index contributed by atoms with van der Waals surface area (Å²) in [5.74, 6) is 0.0819. The zero-order valence-electron chi connectivity index (χ0n) is 16.8. The summed E-state index contributed by atoms with van der Waals surface area (Å²) in [6, 6.07) is 14.7. The fourth-order valence-corrected chi connectivity index (χ4v) is 4.09. The number of aromatic nitrogens is 3. The van der Waals surface area contributed by atoms with E-state index in [1.165, 1.54) is 11.8 Å². The van der Waals surface area contributed by atoms with Crippen LogP contribution in [0.3, 0.4) is 0 Å². The topological polar surface area (TPSA) is 90.0 Å². The second-order valence-electron chi connectivity index (χ2n) is 6.96. The molecule has 1 N–H and O–H groups in total. The fourth-order valence-electron chi connectivity index (χ4n) is 3.29. The number of thioether (sulfide) groups is 1. The summed E-state index contributed by atoms with van der Waals surface area (Å²) < 4.78 is 6.63. The summed E-state index contributed by atoms with van der Waals surface area (Å²) >= 11 is 1.20. The van der Waals surface area contributed by atoms with Gasteiger partial charge in [0.05, 0.1) is 28.0 Å². The van der Waals surface area contributed by atoms with Crippen molar-refractivity contribution >= 4 is 34.5 Å². The summed E-state index contributed by atoms with van der Waals surface area (Å²) in [5, 5.41) is 7.41. The molecule has 0 fully saturated rings. The van der Waals surface area contributed by atoms with Gasteiger partial charge in [-0.3, -0.25) is 19.5 Å². The molecule has 1 amide bonds. The number of hydrogen-bond donors (Lipinski definition) is 1. The highest BCUT2D eigenvalue weighted by Gasteiger charge is 2.18. The van der Waals surface area contributed by atoms with Crippen molar-refractivity contribution in [2.45, 2.75) is 25.9 Å². The molecular weight excluding hydrogens is 400 g/mol. The molecule has 0 aliphatic heterocycles. The summed E-state index contributed by atoms with van der Waals surface area (Å²) in [6.45, 7) is 5.69. The minimum absolute atomic E-state index is 0.0649. The smallest absolute Gasteiger partial charge is 0.266 e. The molecule has 4 rings (SSSR count). The molecule has 0 aliphatic rings. The molecular formula is C22H20N4O3S. The van der Waals surface area contributed by atoms with Crippen LogP contribution in [0, 0.1) is 20.8 Å². The van der Waals surface area contributed by atoms with Crippen LogP contribution in [-0.2, 0) is 4.79 Å². The third-order valence-electron chi connectivity index (χ3n) is 4.63. The third-order valence-corrected chi connectivity index (χ3v) is 5.57. The first-order valence-electron chi connectivity index (χ1n) is 9.38. The Labute approximate surface area is 177 Å². The monoisotopic (exact) mass is 420 g/mol. The molecule has 0 spiro atoms. The standard InChI is InChI=1S/C22H20N4O3S/c1-13-7-6-8-14(2)20(13)26-21(28)16-9-4-5-10-17(16)23-22(26)30-12-18(27)24-19-11-15(3)25-29-19/h4-11H,12H2,1-3H3,(H,24,27). The van der Waals surface area contributed by atoms with Gasteiger partial charge in [0.15, 0.2) is 5.16 Å². The zero-order valence-corrected chi connectivity index (χ0v) is 17.6. The Morgan fingerprint density at radius 3 is 2.53 bits per heavy atom.